The summed E-state index contributed by atoms with van der Waals surface area (Å²) in [5, 5.41) is 17.1. The smallest absolute Gasteiger partial charge is 0.239 e. The Labute approximate surface area is 194 Å². The van der Waals surface area contributed by atoms with Gasteiger partial charge in [0, 0.05) is 30.6 Å². The molecule has 1 aliphatic heterocycles. The second-order valence-corrected chi connectivity index (χ2v) is 8.64. The second kappa shape index (κ2) is 10.0. The van der Waals surface area contributed by atoms with Crippen LogP contribution in [0.15, 0.2) is 42.7 Å². The van der Waals surface area contributed by atoms with Crippen LogP contribution in [-0.4, -0.2) is 51.5 Å². The van der Waals surface area contributed by atoms with Gasteiger partial charge in [-0.05, 0) is 51.4 Å². The lowest BCUT2D eigenvalue weighted by Gasteiger charge is -2.19. The fraction of sp³-hybridized carbons (Fsp3) is 0.400. The minimum atomic E-state index is -0.157. The highest BCUT2D eigenvalue weighted by atomic mass is 16.5. The molecule has 3 aromatic rings. The van der Waals surface area contributed by atoms with E-state index in [0.29, 0.717) is 24.5 Å². The molecule has 0 spiro atoms. The van der Waals surface area contributed by atoms with Gasteiger partial charge in [-0.25, -0.2) is 4.68 Å². The minimum absolute atomic E-state index is 0.113. The fourth-order valence-electron chi connectivity index (χ4n) is 4.30. The molecular weight excluding hydrogens is 416 g/mol. The van der Waals surface area contributed by atoms with E-state index in [1.54, 1.807) is 0 Å². The number of hydrogen-bond donors (Lipinski definition) is 1. The molecule has 8 heteroatoms. The molecule has 3 heterocycles. The van der Waals surface area contributed by atoms with Crippen molar-refractivity contribution in [3.63, 3.8) is 0 Å². The summed E-state index contributed by atoms with van der Waals surface area (Å²) in [5.74, 6) is 0.411. The number of nitriles is 1. The van der Waals surface area contributed by atoms with Gasteiger partial charge in [-0.15, -0.1) is 0 Å². The molecule has 1 fully saturated rings. The molecule has 4 rings (SSSR count). The van der Waals surface area contributed by atoms with Crippen molar-refractivity contribution in [3.05, 3.63) is 65.1 Å². The Morgan fingerprint density at radius 1 is 1.33 bits per heavy atom. The van der Waals surface area contributed by atoms with E-state index in [9.17, 15) is 10.1 Å². The van der Waals surface area contributed by atoms with E-state index in [1.807, 2.05) is 77.8 Å². The van der Waals surface area contributed by atoms with Crippen molar-refractivity contribution < 1.29 is 9.53 Å². The van der Waals surface area contributed by atoms with Crippen LogP contribution in [0.4, 0.5) is 5.82 Å². The zero-order chi connectivity index (χ0) is 23.4. The van der Waals surface area contributed by atoms with Crippen molar-refractivity contribution in [2.24, 2.45) is 0 Å². The van der Waals surface area contributed by atoms with Crippen molar-refractivity contribution >= 4 is 11.7 Å². The third-order valence-corrected chi connectivity index (χ3v) is 6.13. The summed E-state index contributed by atoms with van der Waals surface area (Å²) in [6.07, 6.45) is 5.93. The van der Waals surface area contributed by atoms with Crippen molar-refractivity contribution in [2.75, 3.05) is 25.5 Å². The van der Waals surface area contributed by atoms with Gasteiger partial charge in [-0.3, -0.25) is 9.69 Å². The molecule has 1 atom stereocenters. The number of ether oxygens (including phenoxy) is 1. The van der Waals surface area contributed by atoms with Gasteiger partial charge in [0.05, 0.1) is 36.6 Å². The first-order valence-electron chi connectivity index (χ1n) is 11.2. The number of carbonyl (C=O) groups is 1. The number of aromatic nitrogens is 3. The number of rotatable bonds is 8. The largest absolute Gasteiger partial charge is 0.376 e. The van der Waals surface area contributed by atoms with Gasteiger partial charge >= 0.3 is 0 Å². The zero-order valence-corrected chi connectivity index (χ0v) is 19.4. The molecule has 0 aliphatic carbocycles. The van der Waals surface area contributed by atoms with Crippen LogP contribution < -0.4 is 5.32 Å². The lowest BCUT2D eigenvalue weighted by atomic mass is 10.2. The number of likely N-dealkylation sites (N-methyl/N-ethyl adjacent to an activating group) is 1. The van der Waals surface area contributed by atoms with Crippen molar-refractivity contribution in [2.45, 2.75) is 45.9 Å². The molecular formula is C25H30N6O2. The van der Waals surface area contributed by atoms with E-state index in [2.05, 4.69) is 16.5 Å². The quantitative estimate of drug-likeness (QED) is 0.573. The summed E-state index contributed by atoms with van der Waals surface area (Å²) in [5.41, 5.74) is 4.41. The molecule has 1 aliphatic rings. The highest BCUT2D eigenvalue weighted by molar-refractivity contribution is 5.93. The average molecular weight is 447 g/mol. The summed E-state index contributed by atoms with van der Waals surface area (Å²) in [6, 6.07) is 12.2. The second-order valence-electron chi connectivity index (χ2n) is 8.64. The number of para-hydroxylation sites is 1. The minimum Gasteiger partial charge on any atom is -0.376 e. The van der Waals surface area contributed by atoms with Crippen LogP contribution in [0.5, 0.6) is 0 Å². The Hall–Kier alpha value is -3.41. The predicted octanol–water partition coefficient (Wildman–Crippen LogP) is 3.41. The summed E-state index contributed by atoms with van der Waals surface area (Å²) in [7, 11) is 1.90. The maximum absolute atomic E-state index is 12.9. The van der Waals surface area contributed by atoms with Crippen LogP contribution in [0.1, 0.15) is 35.2 Å². The summed E-state index contributed by atoms with van der Waals surface area (Å²) in [4.78, 5) is 14.8. The maximum atomic E-state index is 12.9. The van der Waals surface area contributed by atoms with Gasteiger partial charge in [0.25, 0.3) is 0 Å². The lowest BCUT2D eigenvalue weighted by Crippen LogP contribution is -2.31. The summed E-state index contributed by atoms with van der Waals surface area (Å²) in [6.45, 7) is 6.09. The SMILES string of the molecule is Cc1c(C#N)c(NC(=O)CN(C)Cc2cnn(-c3ccccc3)c2)n(C[C@@H]2CCCO2)c1C. The highest BCUT2D eigenvalue weighted by Gasteiger charge is 2.24. The van der Waals surface area contributed by atoms with Crippen LogP contribution >= 0.6 is 0 Å². The van der Waals surface area contributed by atoms with Crippen LogP contribution in [0.2, 0.25) is 0 Å². The van der Waals surface area contributed by atoms with Crippen molar-refractivity contribution in [3.8, 4) is 11.8 Å². The maximum Gasteiger partial charge on any atom is 0.239 e. The van der Waals surface area contributed by atoms with Gasteiger partial charge in [0.1, 0.15) is 11.9 Å². The van der Waals surface area contributed by atoms with E-state index < -0.39 is 0 Å². The molecule has 1 N–H and O–H groups in total. The molecule has 33 heavy (non-hydrogen) atoms. The van der Waals surface area contributed by atoms with Crippen LogP contribution in [0.3, 0.4) is 0 Å². The third kappa shape index (κ3) is 5.16. The third-order valence-electron chi connectivity index (χ3n) is 6.13. The molecule has 1 aromatic carbocycles. The molecule has 8 nitrogen and oxygen atoms in total. The first-order chi connectivity index (χ1) is 16.0. The van der Waals surface area contributed by atoms with Gasteiger partial charge in [0.15, 0.2) is 0 Å². The average Bonchev–Trinajstić information content (AvgIpc) is 3.53. The Bertz CT molecular complexity index is 1150. The molecule has 1 saturated heterocycles. The first-order valence-corrected chi connectivity index (χ1v) is 11.2. The number of nitrogens with zero attached hydrogens (tertiary/aromatic N) is 5. The number of hydrogen-bond acceptors (Lipinski definition) is 5. The van der Waals surface area contributed by atoms with Gasteiger partial charge in [-0.2, -0.15) is 10.4 Å². The monoisotopic (exact) mass is 446 g/mol. The van der Waals surface area contributed by atoms with Gasteiger partial charge in [0.2, 0.25) is 5.91 Å². The summed E-state index contributed by atoms with van der Waals surface area (Å²) >= 11 is 0. The van der Waals surface area contributed by atoms with E-state index >= 15 is 0 Å². The Morgan fingerprint density at radius 3 is 2.82 bits per heavy atom. The molecule has 0 bridgehead atoms. The number of benzene rings is 1. The van der Waals surface area contributed by atoms with Gasteiger partial charge in [-0.1, -0.05) is 18.2 Å². The Balaban J connectivity index is 1.42. The van der Waals surface area contributed by atoms with E-state index in [4.69, 9.17) is 4.74 Å². The van der Waals surface area contributed by atoms with E-state index in [-0.39, 0.29) is 18.6 Å². The first kappa shape index (κ1) is 22.8. The topological polar surface area (TPSA) is 88.1 Å². The number of carbonyl (C=O) groups excluding carboxylic acids is 1. The molecule has 0 saturated carbocycles. The number of nitrogens with one attached hydrogen (secondary N) is 1. The summed E-state index contributed by atoms with van der Waals surface area (Å²) < 4.78 is 9.63. The predicted molar refractivity (Wildman–Crippen MR) is 126 cm³/mol. The Kier molecular flexibility index (Phi) is 6.92. The van der Waals surface area contributed by atoms with Gasteiger partial charge < -0.3 is 14.6 Å². The van der Waals surface area contributed by atoms with Crippen molar-refractivity contribution in [1.29, 1.82) is 5.26 Å². The molecule has 172 valence electrons. The highest BCUT2D eigenvalue weighted by Crippen LogP contribution is 2.28. The fourth-order valence-corrected chi connectivity index (χ4v) is 4.30. The lowest BCUT2D eigenvalue weighted by molar-refractivity contribution is -0.117. The number of amides is 1. The molecule has 2 aromatic heterocycles. The standard InChI is InChI=1S/C25H30N6O2/c1-18-19(2)30(16-22-10-7-11-33-22)25(23(18)12-26)28-24(32)17-29(3)14-20-13-27-31(15-20)21-8-5-4-6-9-21/h4-6,8-9,13,15,22H,7,10-11,14,16-17H2,1-3H3,(H,28,32)/t22-/m0/s1. The van der Waals surface area contributed by atoms with Crippen LogP contribution in [0, 0.1) is 25.2 Å². The molecule has 0 unspecified atom stereocenters. The van der Waals surface area contributed by atoms with Crippen molar-refractivity contribution in [1.82, 2.24) is 19.2 Å². The van der Waals surface area contributed by atoms with E-state index in [0.717, 1.165) is 42.0 Å². The molecule has 1 amide bonds. The van der Waals surface area contributed by atoms with Crippen LogP contribution in [-0.2, 0) is 22.6 Å². The van der Waals surface area contributed by atoms with E-state index in [1.165, 1.54) is 0 Å². The zero-order valence-electron chi connectivity index (χ0n) is 19.4. The molecule has 0 radical (unpaired) electrons. The van der Waals surface area contributed by atoms with Crippen LogP contribution in [0.25, 0.3) is 5.69 Å². The Morgan fingerprint density at radius 2 is 2.12 bits per heavy atom. The normalized spacial score (nSPS) is 15.7. The number of anilines is 1.